The highest BCUT2D eigenvalue weighted by Gasteiger charge is 2.66. The average Bonchev–Trinajstić information content (AvgIpc) is 3.42. The first-order valence-electron chi connectivity index (χ1n) is 17.3. The van der Waals surface area contributed by atoms with Gasteiger partial charge in [0.15, 0.2) is 11.6 Å². The quantitative estimate of drug-likeness (QED) is 0.113. The van der Waals surface area contributed by atoms with Gasteiger partial charge in [-0.05, 0) is 99.8 Å². The number of phenols is 1. The van der Waals surface area contributed by atoms with Crippen molar-refractivity contribution in [2.45, 2.75) is 24.2 Å². The Morgan fingerprint density at radius 2 is 1.37 bits per heavy atom. The van der Waals surface area contributed by atoms with E-state index in [-0.39, 0.29) is 35.6 Å². The Hall–Kier alpha value is -5.15. The molecule has 0 bridgehead atoms. The Kier molecular flexibility index (Phi) is 7.47. The summed E-state index contributed by atoms with van der Waals surface area (Å²) >= 11 is 2.20. The Morgan fingerprint density at radius 3 is 2.10 bits per heavy atom. The van der Waals surface area contributed by atoms with Crippen LogP contribution in [0.5, 0.6) is 5.75 Å². The lowest BCUT2D eigenvalue weighted by molar-refractivity contribution is -0.134. The van der Waals surface area contributed by atoms with Crippen molar-refractivity contribution in [2.75, 3.05) is 4.90 Å². The van der Waals surface area contributed by atoms with E-state index in [0.717, 1.165) is 25.7 Å². The number of anilines is 1. The number of carbonyl (C=O) groups excluding carboxylic acids is 4. The fraction of sp³-hybridized carbons (Fsp3) is 0.182. The fourth-order valence-electron chi connectivity index (χ4n) is 9.62. The minimum atomic E-state index is -1.34. The van der Waals surface area contributed by atoms with Crippen LogP contribution in [0.3, 0.4) is 0 Å². The molecule has 6 atom stereocenters. The molecule has 5 aromatic carbocycles. The van der Waals surface area contributed by atoms with Gasteiger partial charge in [0.05, 0.1) is 22.9 Å². The molecule has 1 N–H and O–H groups in total. The Labute approximate surface area is 308 Å². The molecule has 0 radical (unpaired) electrons. The molecule has 1 aliphatic heterocycles. The van der Waals surface area contributed by atoms with Crippen molar-refractivity contribution in [2.24, 2.45) is 23.7 Å². The number of allylic oxidation sites excluding steroid dienone is 4. The molecule has 5 aromatic rings. The van der Waals surface area contributed by atoms with Crippen molar-refractivity contribution >= 4 is 68.0 Å². The van der Waals surface area contributed by atoms with Gasteiger partial charge in [-0.15, -0.1) is 0 Å². The Morgan fingerprint density at radius 1 is 0.706 bits per heavy atom. The van der Waals surface area contributed by atoms with Crippen molar-refractivity contribution in [1.82, 2.24) is 0 Å². The van der Waals surface area contributed by atoms with Gasteiger partial charge in [0.2, 0.25) is 11.8 Å². The van der Waals surface area contributed by atoms with Gasteiger partial charge in [-0.25, -0.2) is 0 Å². The number of fused-ring (bicyclic) bond motifs is 5. The van der Waals surface area contributed by atoms with Crippen molar-refractivity contribution in [3.05, 3.63) is 159 Å². The first kappa shape index (κ1) is 31.8. The number of phenolic OH excluding ortho intramolecular Hbond substituents is 1. The van der Waals surface area contributed by atoms with Crippen LogP contribution in [0.2, 0.25) is 0 Å². The zero-order valence-electron chi connectivity index (χ0n) is 27.4. The van der Waals surface area contributed by atoms with Crippen LogP contribution >= 0.6 is 22.6 Å². The standard InChI is InChI=1S/C44H32INO5/c45-27-15-17-28(18-16-27)46-42(50)33-20-19-32-35(39(33)43(46)51)23-36-41(49)34(25-9-3-1-4-10-25)24-38(48)44(36,26-11-5-2-6-12-26)40(32)31-21-22-37(47)30-14-8-7-13-29(30)31/h1-19,21-22,24,33,35-36,39-40,47H,20,23H2. The smallest absolute Gasteiger partial charge is 0.238 e. The summed E-state index contributed by atoms with van der Waals surface area (Å²) in [4.78, 5) is 60.5. The third kappa shape index (κ3) is 4.60. The van der Waals surface area contributed by atoms with E-state index < -0.39 is 35.0 Å². The van der Waals surface area contributed by atoms with Gasteiger partial charge in [0.25, 0.3) is 0 Å². The van der Waals surface area contributed by atoms with Crippen LogP contribution in [0.15, 0.2) is 139 Å². The summed E-state index contributed by atoms with van der Waals surface area (Å²) in [5, 5.41) is 12.4. The van der Waals surface area contributed by atoms with Gasteiger partial charge in [-0.1, -0.05) is 103 Å². The highest BCUT2D eigenvalue weighted by Crippen LogP contribution is 2.64. The minimum Gasteiger partial charge on any atom is -0.507 e. The number of nitrogens with zero attached hydrogens (tertiary/aromatic N) is 1. The molecule has 6 unspecified atom stereocenters. The molecule has 4 aliphatic rings. The molecular formula is C44H32INO5. The van der Waals surface area contributed by atoms with E-state index in [0.29, 0.717) is 28.6 Å². The van der Waals surface area contributed by atoms with Gasteiger partial charge in [-0.3, -0.25) is 24.1 Å². The predicted octanol–water partition coefficient (Wildman–Crippen LogP) is 8.18. The summed E-state index contributed by atoms with van der Waals surface area (Å²) in [7, 11) is 0. The molecule has 7 heteroatoms. The lowest BCUT2D eigenvalue weighted by atomic mass is 9.44. The molecule has 250 valence electrons. The zero-order valence-corrected chi connectivity index (χ0v) is 29.6. The number of ketones is 2. The molecule has 51 heavy (non-hydrogen) atoms. The number of hydrogen-bond acceptors (Lipinski definition) is 5. The van der Waals surface area contributed by atoms with Crippen molar-refractivity contribution in [3.8, 4) is 5.75 Å². The lowest BCUT2D eigenvalue weighted by Crippen LogP contribution is -2.58. The summed E-state index contributed by atoms with van der Waals surface area (Å²) in [5.74, 6) is -3.93. The van der Waals surface area contributed by atoms with E-state index in [1.807, 2.05) is 103 Å². The van der Waals surface area contributed by atoms with Crippen LogP contribution in [0, 0.1) is 27.2 Å². The first-order chi connectivity index (χ1) is 24.8. The monoisotopic (exact) mass is 781 g/mol. The first-order valence-corrected chi connectivity index (χ1v) is 18.3. The van der Waals surface area contributed by atoms with Crippen molar-refractivity contribution < 1.29 is 24.3 Å². The molecule has 0 spiro atoms. The molecule has 0 aromatic heterocycles. The maximum atomic E-state index is 15.3. The number of benzene rings is 5. The number of aromatic hydroxyl groups is 1. The number of carbonyl (C=O) groups is 4. The van der Waals surface area contributed by atoms with E-state index in [1.165, 1.54) is 11.0 Å². The number of rotatable bonds is 4. The maximum Gasteiger partial charge on any atom is 0.238 e. The number of halogens is 1. The van der Waals surface area contributed by atoms with Gasteiger partial charge in [-0.2, -0.15) is 0 Å². The molecular weight excluding hydrogens is 749 g/mol. The van der Waals surface area contributed by atoms with Gasteiger partial charge < -0.3 is 5.11 Å². The van der Waals surface area contributed by atoms with E-state index in [1.54, 1.807) is 18.2 Å². The van der Waals surface area contributed by atoms with E-state index in [9.17, 15) is 14.7 Å². The van der Waals surface area contributed by atoms with Gasteiger partial charge in [0.1, 0.15) is 5.75 Å². The minimum absolute atomic E-state index is 0.117. The Bertz CT molecular complexity index is 2350. The number of amides is 2. The molecule has 2 amide bonds. The van der Waals surface area contributed by atoms with Gasteiger partial charge in [0, 0.05) is 26.4 Å². The number of hydrogen-bond donors (Lipinski definition) is 1. The molecule has 1 saturated heterocycles. The molecule has 3 aliphatic carbocycles. The van der Waals surface area contributed by atoms with Gasteiger partial charge >= 0.3 is 0 Å². The molecule has 2 fully saturated rings. The second-order valence-corrected chi connectivity index (χ2v) is 15.2. The summed E-state index contributed by atoms with van der Waals surface area (Å²) in [6, 6.07) is 37.3. The van der Waals surface area contributed by atoms with Crippen LogP contribution in [-0.4, -0.2) is 28.5 Å². The summed E-state index contributed by atoms with van der Waals surface area (Å²) < 4.78 is 0.994. The van der Waals surface area contributed by atoms with E-state index in [2.05, 4.69) is 28.7 Å². The molecule has 6 nitrogen and oxygen atoms in total. The third-order valence-electron chi connectivity index (χ3n) is 11.7. The largest absolute Gasteiger partial charge is 0.507 e. The highest BCUT2D eigenvalue weighted by molar-refractivity contribution is 14.1. The second kappa shape index (κ2) is 12.0. The van der Waals surface area contributed by atoms with Crippen molar-refractivity contribution in [1.29, 1.82) is 0 Å². The number of Topliss-reactive ketones (excluding diaryl/α,β-unsaturated/α-hetero) is 1. The van der Waals surface area contributed by atoms with Crippen LogP contribution in [0.1, 0.15) is 35.4 Å². The van der Waals surface area contributed by atoms with E-state index >= 15 is 9.59 Å². The third-order valence-corrected chi connectivity index (χ3v) is 12.4. The predicted molar refractivity (Wildman–Crippen MR) is 204 cm³/mol. The maximum absolute atomic E-state index is 15.3. The fourth-order valence-corrected chi connectivity index (χ4v) is 9.98. The summed E-state index contributed by atoms with van der Waals surface area (Å²) in [5.41, 5.74) is 2.66. The van der Waals surface area contributed by atoms with Crippen LogP contribution in [0.4, 0.5) is 5.69 Å². The molecule has 1 heterocycles. The topological polar surface area (TPSA) is 91.8 Å². The lowest BCUT2D eigenvalue weighted by Gasteiger charge is -2.55. The van der Waals surface area contributed by atoms with E-state index in [4.69, 9.17) is 0 Å². The zero-order chi connectivity index (χ0) is 35.0. The molecule has 9 rings (SSSR count). The van der Waals surface area contributed by atoms with Crippen LogP contribution < -0.4 is 4.90 Å². The average molecular weight is 782 g/mol. The normalized spacial score (nSPS) is 27.1. The van der Waals surface area contributed by atoms with Crippen LogP contribution in [0.25, 0.3) is 16.3 Å². The van der Waals surface area contributed by atoms with Crippen molar-refractivity contribution in [3.63, 3.8) is 0 Å². The highest BCUT2D eigenvalue weighted by atomic mass is 127. The molecule has 1 saturated carbocycles. The second-order valence-electron chi connectivity index (χ2n) is 14.0. The summed E-state index contributed by atoms with van der Waals surface area (Å²) in [6.07, 6.45) is 4.20. The Balaban J connectivity index is 1.31. The van der Waals surface area contributed by atoms with Crippen LogP contribution in [-0.2, 0) is 24.6 Å². The number of imide groups is 1. The SMILES string of the molecule is O=C1C(c2ccccc2)=CC(=O)C2(c3ccccc3)C1CC1C(=CCC3C(=O)N(c4ccc(I)cc4)C(=O)C31)C2c1ccc(O)c2ccccc12. The summed E-state index contributed by atoms with van der Waals surface area (Å²) in [6.45, 7) is 0.